The van der Waals surface area contributed by atoms with E-state index in [1.54, 1.807) is 6.07 Å². The van der Waals surface area contributed by atoms with E-state index in [1.807, 2.05) is 0 Å². The molecular formula is C10H14ClNO3. The molecule has 0 saturated heterocycles. The Labute approximate surface area is 93.2 Å². The highest BCUT2D eigenvalue weighted by atomic mass is 35.5. The second kappa shape index (κ2) is 5.32. The highest BCUT2D eigenvalue weighted by Gasteiger charge is 2.14. The third-order valence-corrected chi connectivity index (χ3v) is 2.30. The van der Waals surface area contributed by atoms with E-state index in [1.165, 1.54) is 13.2 Å². The minimum Gasteiger partial charge on any atom is -0.507 e. The van der Waals surface area contributed by atoms with Crippen LogP contribution in [0, 0.1) is 0 Å². The summed E-state index contributed by atoms with van der Waals surface area (Å²) in [5.41, 5.74) is 6.61. The third kappa shape index (κ3) is 2.82. The van der Waals surface area contributed by atoms with Crippen LogP contribution in [0.25, 0.3) is 0 Å². The van der Waals surface area contributed by atoms with Crippen molar-refractivity contribution in [3.8, 4) is 5.75 Å². The van der Waals surface area contributed by atoms with Crippen LogP contribution < -0.4 is 5.73 Å². The number of hydrogen-bond acceptors (Lipinski definition) is 4. The lowest BCUT2D eigenvalue weighted by Crippen LogP contribution is -2.15. The normalized spacial score (nSPS) is 12.8. The van der Waals surface area contributed by atoms with Crippen molar-refractivity contribution in [3.63, 3.8) is 0 Å². The van der Waals surface area contributed by atoms with E-state index in [2.05, 4.69) is 0 Å². The third-order valence-electron chi connectivity index (χ3n) is 2.08. The van der Waals surface area contributed by atoms with Gasteiger partial charge in [0, 0.05) is 23.3 Å². The minimum absolute atomic E-state index is 0.0304. The Bertz CT molecular complexity index is 344. The van der Waals surface area contributed by atoms with Gasteiger partial charge in [-0.2, -0.15) is 0 Å². The Balaban J connectivity index is 3.15. The summed E-state index contributed by atoms with van der Waals surface area (Å²) in [6.07, 6.45) is 0. The van der Waals surface area contributed by atoms with Crippen LogP contribution in [0.2, 0.25) is 5.02 Å². The zero-order valence-electron chi connectivity index (χ0n) is 8.40. The quantitative estimate of drug-likeness (QED) is 0.728. The Morgan fingerprint density at radius 3 is 2.73 bits per heavy atom. The largest absolute Gasteiger partial charge is 0.507 e. The van der Waals surface area contributed by atoms with Gasteiger partial charge in [-0.1, -0.05) is 11.6 Å². The van der Waals surface area contributed by atoms with Crippen molar-refractivity contribution in [3.05, 3.63) is 28.3 Å². The zero-order chi connectivity index (χ0) is 11.4. The molecule has 5 heteroatoms. The van der Waals surface area contributed by atoms with E-state index in [4.69, 9.17) is 27.2 Å². The molecule has 0 aromatic heterocycles. The van der Waals surface area contributed by atoms with E-state index in [-0.39, 0.29) is 19.0 Å². The Morgan fingerprint density at radius 2 is 2.20 bits per heavy atom. The number of ether oxygens (including phenoxy) is 1. The number of aliphatic hydroxyl groups is 1. The molecule has 1 aromatic carbocycles. The highest BCUT2D eigenvalue weighted by Crippen LogP contribution is 2.31. The summed E-state index contributed by atoms with van der Waals surface area (Å²) in [6, 6.07) is 2.50. The Hall–Kier alpha value is -0.810. The van der Waals surface area contributed by atoms with Crippen molar-refractivity contribution < 1.29 is 14.9 Å². The summed E-state index contributed by atoms with van der Waals surface area (Å²) < 4.78 is 4.91. The van der Waals surface area contributed by atoms with Gasteiger partial charge in [0.1, 0.15) is 5.75 Å². The first-order valence-corrected chi connectivity index (χ1v) is 4.84. The van der Waals surface area contributed by atoms with Crippen molar-refractivity contribution in [2.75, 3.05) is 13.7 Å². The van der Waals surface area contributed by atoms with Gasteiger partial charge in [0.15, 0.2) is 0 Å². The molecule has 0 spiro atoms. The number of phenolic OH excluding ortho intramolecular Hbond substituents is 1. The Morgan fingerprint density at radius 1 is 1.53 bits per heavy atom. The Kier molecular flexibility index (Phi) is 4.35. The first-order chi connectivity index (χ1) is 7.10. The predicted molar refractivity (Wildman–Crippen MR) is 57.8 cm³/mol. The number of benzene rings is 1. The van der Waals surface area contributed by atoms with Crippen molar-refractivity contribution in [2.24, 2.45) is 5.73 Å². The topological polar surface area (TPSA) is 75.7 Å². The van der Waals surface area contributed by atoms with Gasteiger partial charge < -0.3 is 20.7 Å². The SMILES string of the molecule is COCc1cc(Cl)cc(C(N)CO)c1O. The van der Waals surface area contributed by atoms with Gasteiger partial charge >= 0.3 is 0 Å². The second-order valence-corrected chi connectivity index (χ2v) is 3.66. The smallest absolute Gasteiger partial charge is 0.126 e. The van der Waals surface area contributed by atoms with Crippen LogP contribution in [0.5, 0.6) is 5.75 Å². The summed E-state index contributed by atoms with van der Waals surface area (Å²) in [6.45, 7) is -0.00212. The summed E-state index contributed by atoms with van der Waals surface area (Å²) in [4.78, 5) is 0. The van der Waals surface area contributed by atoms with Crippen molar-refractivity contribution in [1.82, 2.24) is 0 Å². The molecule has 1 rings (SSSR count). The second-order valence-electron chi connectivity index (χ2n) is 3.22. The summed E-state index contributed by atoms with van der Waals surface area (Å²) in [5, 5.41) is 19.2. The highest BCUT2D eigenvalue weighted by molar-refractivity contribution is 6.30. The molecule has 0 aliphatic carbocycles. The van der Waals surface area contributed by atoms with Crippen LogP contribution >= 0.6 is 11.6 Å². The average Bonchev–Trinajstić information content (AvgIpc) is 2.22. The summed E-state index contributed by atoms with van der Waals surface area (Å²) in [7, 11) is 1.52. The molecule has 4 nitrogen and oxygen atoms in total. The molecular weight excluding hydrogens is 218 g/mol. The van der Waals surface area contributed by atoms with Gasteiger partial charge in [0.05, 0.1) is 19.3 Å². The van der Waals surface area contributed by atoms with E-state index < -0.39 is 6.04 Å². The number of aliphatic hydroxyl groups excluding tert-OH is 1. The molecule has 0 bridgehead atoms. The predicted octanol–water partition coefficient (Wildman–Crippen LogP) is 1.18. The van der Waals surface area contributed by atoms with Gasteiger partial charge in [0.25, 0.3) is 0 Å². The number of methoxy groups -OCH3 is 1. The van der Waals surface area contributed by atoms with Crippen molar-refractivity contribution >= 4 is 11.6 Å². The lowest BCUT2D eigenvalue weighted by Gasteiger charge is -2.14. The standard InChI is InChI=1S/C10H14ClNO3/c1-15-5-6-2-7(11)3-8(10(6)14)9(12)4-13/h2-3,9,13-14H,4-5,12H2,1H3. The molecule has 1 atom stereocenters. The van der Waals surface area contributed by atoms with Crippen molar-refractivity contribution in [2.45, 2.75) is 12.6 Å². The average molecular weight is 232 g/mol. The molecule has 84 valence electrons. The molecule has 15 heavy (non-hydrogen) atoms. The fourth-order valence-corrected chi connectivity index (χ4v) is 1.57. The van der Waals surface area contributed by atoms with E-state index in [0.717, 1.165) is 0 Å². The number of aromatic hydroxyl groups is 1. The van der Waals surface area contributed by atoms with Crippen LogP contribution in [0.4, 0.5) is 0 Å². The van der Waals surface area contributed by atoms with Gasteiger partial charge in [-0.25, -0.2) is 0 Å². The maximum atomic E-state index is 9.82. The first-order valence-electron chi connectivity index (χ1n) is 4.46. The lowest BCUT2D eigenvalue weighted by molar-refractivity contribution is 0.181. The molecule has 0 aliphatic rings. The number of halogens is 1. The molecule has 0 aliphatic heterocycles. The molecule has 0 radical (unpaired) electrons. The van der Waals surface area contributed by atoms with Crippen molar-refractivity contribution in [1.29, 1.82) is 0 Å². The van der Waals surface area contributed by atoms with Crippen LogP contribution in [-0.4, -0.2) is 23.9 Å². The maximum absolute atomic E-state index is 9.82. The molecule has 1 aromatic rings. The maximum Gasteiger partial charge on any atom is 0.126 e. The fraction of sp³-hybridized carbons (Fsp3) is 0.400. The van der Waals surface area contributed by atoms with Gasteiger partial charge in [-0.3, -0.25) is 0 Å². The number of rotatable bonds is 4. The minimum atomic E-state index is -0.640. The van der Waals surface area contributed by atoms with Crippen LogP contribution in [0.3, 0.4) is 0 Å². The van der Waals surface area contributed by atoms with Crippen LogP contribution in [0.15, 0.2) is 12.1 Å². The van der Waals surface area contributed by atoms with Crippen LogP contribution in [0.1, 0.15) is 17.2 Å². The molecule has 1 unspecified atom stereocenters. The molecule has 0 amide bonds. The van der Waals surface area contributed by atoms with Gasteiger partial charge in [-0.05, 0) is 12.1 Å². The lowest BCUT2D eigenvalue weighted by atomic mass is 10.0. The zero-order valence-corrected chi connectivity index (χ0v) is 9.16. The van der Waals surface area contributed by atoms with E-state index >= 15 is 0 Å². The monoisotopic (exact) mass is 231 g/mol. The van der Waals surface area contributed by atoms with Gasteiger partial charge in [0.2, 0.25) is 0 Å². The van der Waals surface area contributed by atoms with E-state index in [9.17, 15) is 5.11 Å². The fourth-order valence-electron chi connectivity index (χ4n) is 1.33. The summed E-state index contributed by atoms with van der Waals surface area (Å²) in [5.74, 6) is 0.0304. The van der Waals surface area contributed by atoms with Gasteiger partial charge in [-0.15, -0.1) is 0 Å². The molecule has 0 heterocycles. The van der Waals surface area contributed by atoms with Crippen LogP contribution in [-0.2, 0) is 11.3 Å². The molecule has 4 N–H and O–H groups in total. The van der Waals surface area contributed by atoms with E-state index in [0.29, 0.717) is 16.1 Å². The first kappa shape index (κ1) is 12.3. The summed E-state index contributed by atoms with van der Waals surface area (Å²) >= 11 is 5.85. The number of hydrogen-bond donors (Lipinski definition) is 3. The molecule has 0 fully saturated rings. The number of phenols is 1. The molecule has 0 saturated carbocycles. The number of nitrogens with two attached hydrogens (primary N) is 1.